The van der Waals surface area contributed by atoms with E-state index in [1.165, 1.54) is 11.3 Å². The summed E-state index contributed by atoms with van der Waals surface area (Å²) in [5.74, 6) is 0.220. The summed E-state index contributed by atoms with van der Waals surface area (Å²) in [6, 6.07) is 1.27. The van der Waals surface area contributed by atoms with Gasteiger partial charge in [-0.05, 0) is 19.4 Å². The number of nitrogens with zero attached hydrogens (tertiary/aromatic N) is 4. The molecular formula is C21H26N6O5S. The number of rotatable bonds is 5. The van der Waals surface area contributed by atoms with Crippen molar-refractivity contribution >= 4 is 33.3 Å². The Morgan fingerprint density at radius 1 is 1.27 bits per heavy atom. The van der Waals surface area contributed by atoms with Crippen LogP contribution in [0.25, 0.3) is 20.8 Å². The highest BCUT2D eigenvalue weighted by Crippen LogP contribution is 2.35. The number of nitrogens with one attached hydrogen (secondary N) is 2. The summed E-state index contributed by atoms with van der Waals surface area (Å²) in [7, 11) is 0. The number of ether oxygens (including phenoxy) is 1. The number of aliphatic hydroxyl groups is 3. The second-order valence-corrected chi connectivity index (χ2v) is 9.42. The summed E-state index contributed by atoms with van der Waals surface area (Å²) in [4.78, 5) is 31.7. The Morgan fingerprint density at radius 2 is 2.06 bits per heavy atom. The van der Waals surface area contributed by atoms with Gasteiger partial charge < -0.3 is 30.3 Å². The predicted molar refractivity (Wildman–Crippen MR) is 124 cm³/mol. The van der Waals surface area contributed by atoms with Crippen molar-refractivity contribution in [3.8, 4) is 10.6 Å². The lowest BCUT2D eigenvalue weighted by Gasteiger charge is -2.28. The van der Waals surface area contributed by atoms with E-state index in [2.05, 4.69) is 20.3 Å². The highest BCUT2D eigenvalue weighted by Gasteiger charge is 2.41. The Hall–Kier alpha value is -2.64. The monoisotopic (exact) mass is 474 g/mol. The molecule has 4 heterocycles. The van der Waals surface area contributed by atoms with E-state index in [-0.39, 0.29) is 23.5 Å². The molecule has 4 atom stereocenters. The first-order valence-corrected chi connectivity index (χ1v) is 11.7. The molecule has 5 rings (SSSR count). The molecule has 5 N–H and O–H groups in total. The van der Waals surface area contributed by atoms with Crippen molar-refractivity contribution in [1.82, 2.24) is 19.9 Å². The van der Waals surface area contributed by atoms with Gasteiger partial charge in [0.1, 0.15) is 28.0 Å². The van der Waals surface area contributed by atoms with E-state index in [0.29, 0.717) is 43.7 Å². The summed E-state index contributed by atoms with van der Waals surface area (Å²) in [6.07, 6.45) is -0.131. The van der Waals surface area contributed by atoms with Gasteiger partial charge in [0.25, 0.3) is 5.56 Å². The lowest BCUT2D eigenvalue weighted by molar-refractivity contribution is 0.00446. The molecule has 176 valence electrons. The molecule has 0 aromatic carbocycles. The molecule has 11 nitrogen and oxygen atoms in total. The van der Waals surface area contributed by atoms with Gasteiger partial charge in [0, 0.05) is 31.8 Å². The second kappa shape index (κ2) is 8.95. The van der Waals surface area contributed by atoms with Gasteiger partial charge in [0.2, 0.25) is 5.95 Å². The Balaban J connectivity index is 1.59. The molecule has 1 aliphatic heterocycles. The van der Waals surface area contributed by atoms with Crippen molar-refractivity contribution in [2.75, 3.05) is 43.1 Å². The summed E-state index contributed by atoms with van der Waals surface area (Å²) in [6.45, 7) is 3.86. The van der Waals surface area contributed by atoms with Crippen LogP contribution in [0.4, 0.5) is 11.8 Å². The van der Waals surface area contributed by atoms with E-state index in [9.17, 15) is 20.1 Å². The summed E-state index contributed by atoms with van der Waals surface area (Å²) in [5, 5.41) is 34.0. The molecule has 2 aliphatic rings. The standard InChI is InChI=1S/C21H26N6O5S/c1-10-15-13(2-3-22-10)33-20(24-15)14-18(23-12-8-11(9-28)16(29)17(12)30)25-21(26-19(14)31)27-4-6-32-7-5-27/h2-3,11-12,16-17,28-30H,4-9H2,1H3,(H2,23,25,26,31)/t11-,12-,16-,17+/m1/s1. The zero-order valence-electron chi connectivity index (χ0n) is 18.1. The summed E-state index contributed by atoms with van der Waals surface area (Å²) in [5.41, 5.74) is 1.39. The smallest absolute Gasteiger partial charge is 0.264 e. The second-order valence-electron chi connectivity index (χ2n) is 8.39. The van der Waals surface area contributed by atoms with Crippen molar-refractivity contribution < 1.29 is 20.1 Å². The molecule has 0 spiro atoms. The van der Waals surface area contributed by atoms with Crippen LogP contribution in [0, 0.1) is 12.8 Å². The lowest BCUT2D eigenvalue weighted by atomic mass is 10.1. The van der Waals surface area contributed by atoms with Crippen molar-refractivity contribution in [3.05, 3.63) is 28.3 Å². The van der Waals surface area contributed by atoms with E-state index in [4.69, 9.17) is 9.72 Å². The predicted octanol–water partition coefficient (Wildman–Crippen LogP) is 0.101. The molecule has 3 aromatic rings. The molecule has 1 saturated carbocycles. The molecule has 33 heavy (non-hydrogen) atoms. The summed E-state index contributed by atoms with van der Waals surface area (Å²) >= 11 is 1.36. The van der Waals surface area contributed by atoms with Crippen LogP contribution in [-0.2, 0) is 4.74 Å². The minimum atomic E-state index is -1.11. The topological polar surface area (TPSA) is 157 Å². The van der Waals surface area contributed by atoms with Crippen molar-refractivity contribution in [2.24, 2.45) is 5.92 Å². The number of hydrogen-bond donors (Lipinski definition) is 5. The zero-order chi connectivity index (χ0) is 23.1. The largest absolute Gasteiger partial charge is 0.396 e. The van der Waals surface area contributed by atoms with Crippen LogP contribution in [0.15, 0.2) is 17.1 Å². The quantitative estimate of drug-likeness (QED) is 0.344. The number of H-pyrrole nitrogens is 1. The van der Waals surface area contributed by atoms with Gasteiger partial charge in [-0.15, -0.1) is 11.3 Å². The molecule has 12 heteroatoms. The molecule has 3 aromatic heterocycles. The number of anilines is 2. The van der Waals surface area contributed by atoms with Gasteiger partial charge in [-0.3, -0.25) is 14.8 Å². The highest BCUT2D eigenvalue weighted by atomic mass is 32.1. The Bertz CT molecular complexity index is 1210. The number of aromatic nitrogens is 4. The number of aryl methyl sites for hydroxylation is 1. The molecular weight excluding hydrogens is 448 g/mol. The van der Waals surface area contributed by atoms with Gasteiger partial charge >= 0.3 is 0 Å². The van der Waals surface area contributed by atoms with Crippen LogP contribution in [-0.4, -0.2) is 86.4 Å². The average molecular weight is 475 g/mol. The minimum absolute atomic E-state index is 0.241. The first-order chi connectivity index (χ1) is 16.0. The van der Waals surface area contributed by atoms with Gasteiger partial charge in [-0.2, -0.15) is 4.98 Å². The third kappa shape index (κ3) is 4.08. The molecule has 0 bridgehead atoms. The van der Waals surface area contributed by atoms with Crippen LogP contribution in [0.3, 0.4) is 0 Å². The number of pyridine rings is 1. The number of thiazole rings is 1. The Kier molecular flexibility index (Phi) is 6.01. The van der Waals surface area contributed by atoms with E-state index >= 15 is 0 Å². The maximum atomic E-state index is 13.3. The van der Waals surface area contributed by atoms with Crippen LogP contribution in [0.2, 0.25) is 0 Å². The van der Waals surface area contributed by atoms with E-state index in [0.717, 1.165) is 15.9 Å². The maximum absolute atomic E-state index is 13.3. The Morgan fingerprint density at radius 3 is 2.76 bits per heavy atom. The molecule has 2 fully saturated rings. The first kappa shape index (κ1) is 22.2. The van der Waals surface area contributed by atoms with Gasteiger partial charge in [0.15, 0.2) is 0 Å². The number of aliphatic hydroxyl groups excluding tert-OH is 3. The summed E-state index contributed by atoms with van der Waals surface area (Å²) < 4.78 is 6.30. The van der Waals surface area contributed by atoms with Crippen LogP contribution in [0.5, 0.6) is 0 Å². The van der Waals surface area contributed by atoms with Crippen molar-refractivity contribution in [1.29, 1.82) is 0 Å². The van der Waals surface area contributed by atoms with Crippen LogP contribution >= 0.6 is 11.3 Å². The minimum Gasteiger partial charge on any atom is -0.396 e. The first-order valence-electron chi connectivity index (χ1n) is 10.9. The van der Waals surface area contributed by atoms with E-state index in [1.807, 2.05) is 17.9 Å². The van der Waals surface area contributed by atoms with Crippen molar-refractivity contribution in [2.45, 2.75) is 31.6 Å². The fourth-order valence-electron chi connectivity index (χ4n) is 4.40. The third-order valence-corrected chi connectivity index (χ3v) is 7.32. The number of morpholine rings is 1. The molecule has 1 aliphatic carbocycles. The van der Waals surface area contributed by atoms with Gasteiger partial charge in [0.05, 0.1) is 35.8 Å². The fraction of sp³-hybridized carbons (Fsp3) is 0.524. The molecule has 1 saturated heterocycles. The van der Waals surface area contributed by atoms with Crippen LogP contribution < -0.4 is 15.8 Å². The molecule has 0 radical (unpaired) electrons. The normalized spacial score (nSPS) is 25.6. The van der Waals surface area contributed by atoms with E-state index < -0.39 is 24.2 Å². The van der Waals surface area contributed by atoms with Crippen molar-refractivity contribution in [3.63, 3.8) is 0 Å². The maximum Gasteiger partial charge on any atom is 0.264 e. The van der Waals surface area contributed by atoms with Gasteiger partial charge in [-0.1, -0.05) is 0 Å². The molecule has 0 amide bonds. The van der Waals surface area contributed by atoms with Gasteiger partial charge in [-0.25, -0.2) is 4.98 Å². The number of fused-ring (bicyclic) bond motifs is 1. The Labute approximate surface area is 193 Å². The highest BCUT2D eigenvalue weighted by molar-refractivity contribution is 7.21. The molecule has 0 unspecified atom stereocenters. The van der Waals surface area contributed by atoms with E-state index in [1.54, 1.807) is 6.20 Å². The number of hydrogen-bond acceptors (Lipinski definition) is 11. The average Bonchev–Trinajstić information content (AvgIpc) is 3.36. The fourth-order valence-corrected chi connectivity index (χ4v) is 5.46. The third-order valence-electron chi connectivity index (χ3n) is 6.28. The number of aromatic amines is 1. The SMILES string of the molecule is Cc1nccc2sc(-c3c(N[C@@H]4C[C@H](CO)[C@@H](O)[C@H]4O)nc(N4CCOCC4)[nH]c3=O)nc12. The zero-order valence-corrected chi connectivity index (χ0v) is 18.9. The lowest BCUT2D eigenvalue weighted by Crippen LogP contribution is -2.39. The van der Waals surface area contributed by atoms with Crippen LogP contribution in [0.1, 0.15) is 12.1 Å².